The molecule has 5 nitrogen and oxygen atoms in total. The van der Waals surface area contributed by atoms with Crippen molar-refractivity contribution in [2.75, 3.05) is 0 Å². The standard InChI is InChI=1S/C8H17N5/c1-5-13-7(10-11-12-13)6-9-8(2,3)4/h9H,5-6H2,1-4H3. The molecule has 0 amide bonds. The Hall–Kier alpha value is -0.970. The van der Waals surface area contributed by atoms with Crippen LogP contribution in [0.15, 0.2) is 0 Å². The van der Waals surface area contributed by atoms with Crippen LogP contribution in [0.3, 0.4) is 0 Å². The molecule has 5 heteroatoms. The fourth-order valence-corrected chi connectivity index (χ4v) is 0.940. The number of hydrogen-bond donors (Lipinski definition) is 1. The SMILES string of the molecule is CCn1nnnc1CNC(C)(C)C. The molecule has 0 unspecified atom stereocenters. The molecule has 0 spiro atoms. The van der Waals surface area contributed by atoms with Gasteiger partial charge in [-0.25, -0.2) is 4.68 Å². The van der Waals surface area contributed by atoms with Gasteiger partial charge < -0.3 is 5.32 Å². The minimum Gasteiger partial charge on any atom is -0.305 e. The normalized spacial score (nSPS) is 12.0. The lowest BCUT2D eigenvalue weighted by atomic mass is 10.1. The van der Waals surface area contributed by atoms with Crippen LogP contribution in [0, 0.1) is 0 Å². The summed E-state index contributed by atoms with van der Waals surface area (Å²) in [5.74, 6) is 0.887. The van der Waals surface area contributed by atoms with E-state index in [1.165, 1.54) is 0 Å². The van der Waals surface area contributed by atoms with E-state index in [1.54, 1.807) is 4.68 Å². The summed E-state index contributed by atoms with van der Waals surface area (Å²) in [4.78, 5) is 0. The van der Waals surface area contributed by atoms with Gasteiger partial charge in [0, 0.05) is 12.1 Å². The molecule has 74 valence electrons. The minimum atomic E-state index is 0.102. The Labute approximate surface area is 78.5 Å². The predicted molar refractivity (Wildman–Crippen MR) is 50.1 cm³/mol. The molecule has 1 heterocycles. The number of nitrogens with one attached hydrogen (secondary N) is 1. The van der Waals surface area contributed by atoms with Gasteiger partial charge in [0.15, 0.2) is 5.82 Å². The zero-order valence-corrected chi connectivity index (χ0v) is 8.70. The molecule has 0 radical (unpaired) electrons. The highest BCUT2D eigenvalue weighted by atomic mass is 15.5. The number of tetrazole rings is 1. The third kappa shape index (κ3) is 3.10. The summed E-state index contributed by atoms with van der Waals surface area (Å²) in [6.45, 7) is 9.91. The van der Waals surface area contributed by atoms with Gasteiger partial charge in [-0.2, -0.15) is 0 Å². The Morgan fingerprint density at radius 3 is 2.62 bits per heavy atom. The first-order valence-electron chi connectivity index (χ1n) is 4.53. The van der Waals surface area contributed by atoms with Crippen LogP contribution in [0.5, 0.6) is 0 Å². The van der Waals surface area contributed by atoms with E-state index in [0.29, 0.717) is 6.54 Å². The molecule has 0 aromatic carbocycles. The molecule has 1 N–H and O–H groups in total. The van der Waals surface area contributed by atoms with Gasteiger partial charge in [-0.15, -0.1) is 5.10 Å². The average Bonchev–Trinajstić information content (AvgIpc) is 2.46. The van der Waals surface area contributed by atoms with Crippen molar-refractivity contribution >= 4 is 0 Å². The molecular weight excluding hydrogens is 166 g/mol. The number of aryl methyl sites for hydroxylation is 1. The average molecular weight is 183 g/mol. The van der Waals surface area contributed by atoms with Crippen LogP contribution in [0.2, 0.25) is 0 Å². The molecule has 1 aromatic rings. The van der Waals surface area contributed by atoms with Gasteiger partial charge in [0.2, 0.25) is 0 Å². The van der Waals surface area contributed by atoms with Crippen molar-refractivity contribution < 1.29 is 0 Å². The lowest BCUT2D eigenvalue weighted by molar-refractivity contribution is 0.409. The molecular formula is C8H17N5. The third-order valence-corrected chi connectivity index (χ3v) is 1.68. The molecule has 0 aliphatic rings. The van der Waals surface area contributed by atoms with Gasteiger partial charge in [-0.3, -0.25) is 0 Å². The van der Waals surface area contributed by atoms with Crippen molar-refractivity contribution in [1.29, 1.82) is 0 Å². The topological polar surface area (TPSA) is 55.6 Å². The van der Waals surface area contributed by atoms with Crippen LogP contribution in [0.25, 0.3) is 0 Å². The fourth-order valence-electron chi connectivity index (χ4n) is 0.940. The first kappa shape index (κ1) is 10.1. The monoisotopic (exact) mass is 183 g/mol. The second kappa shape index (κ2) is 3.83. The molecule has 0 atom stereocenters. The molecule has 0 fully saturated rings. The van der Waals surface area contributed by atoms with Gasteiger partial charge in [0.05, 0.1) is 6.54 Å². The van der Waals surface area contributed by atoms with E-state index in [9.17, 15) is 0 Å². The molecule has 0 saturated heterocycles. The summed E-state index contributed by atoms with van der Waals surface area (Å²) in [7, 11) is 0. The lowest BCUT2D eigenvalue weighted by Gasteiger charge is -2.19. The van der Waals surface area contributed by atoms with E-state index in [2.05, 4.69) is 41.6 Å². The van der Waals surface area contributed by atoms with Gasteiger partial charge in [0.1, 0.15) is 0 Å². The van der Waals surface area contributed by atoms with E-state index >= 15 is 0 Å². The summed E-state index contributed by atoms with van der Waals surface area (Å²) >= 11 is 0. The van der Waals surface area contributed by atoms with Crippen LogP contribution < -0.4 is 5.32 Å². The van der Waals surface area contributed by atoms with Crippen molar-refractivity contribution in [2.45, 2.75) is 46.3 Å². The molecule has 0 bridgehead atoms. The number of rotatable bonds is 3. The Morgan fingerprint density at radius 2 is 2.08 bits per heavy atom. The van der Waals surface area contributed by atoms with Crippen molar-refractivity contribution in [3.63, 3.8) is 0 Å². The maximum absolute atomic E-state index is 3.93. The molecule has 1 aromatic heterocycles. The molecule has 13 heavy (non-hydrogen) atoms. The Balaban J connectivity index is 2.54. The van der Waals surface area contributed by atoms with Crippen LogP contribution >= 0.6 is 0 Å². The summed E-state index contributed by atoms with van der Waals surface area (Å²) in [5, 5.41) is 14.7. The highest BCUT2D eigenvalue weighted by molar-refractivity contribution is 4.82. The van der Waals surface area contributed by atoms with Crippen LogP contribution in [0.1, 0.15) is 33.5 Å². The van der Waals surface area contributed by atoms with Crippen LogP contribution in [-0.4, -0.2) is 25.7 Å². The predicted octanol–water partition coefficient (Wildman–Crippen LogP) is 0.581. The van der Waals surface area contributed by atoms with Gasteiger partial charge >= 0.3 is 0 Å². The highest BCUT2D eigenvalue weighted by Gasteiger charge is 2.11. The first-order valence-corrected chi connectivity index (χ1v) is 4.53. The van der Waals surface area contributed by atoms with E-state index in [4.69, 9.17) is 0 Å². The highest BCUT2D eigenvalue weighted by Crippen LogP contribution is 2.00. The van der Waals surface area contributed by atoms with Crippen LogP contribution in [-0.2, 0) is 13.1 Å². The zero-order chi connectivity index (χ0) is 9.90. The lowest BCUT2D eigenvalue weighted by Crippen LogP contribution is -2.36. The third-order valence-electron chi connectivity index (χ3n) is 1.68. The Kier molecular flexibility index (Phi) is 2.98. The van der Waals surface area contributed by atoms with Gasteiger partial charge in [-0.05, 0) is 38.1 Å². The minimum absolute atomic E-state index is 0.102. The van der Waals surface area contributed by atoms with E-state index in [-0.39, 0.29) is 5.54 Å². The second-order valence-corrected chi connectivity index (χ2v) is 4.01. The van der Waals surface area contributed by atoms with Crippen molar-refractivity contribution in [3.8, 4) is 0 Å². The number of nitrogens with zero attached hydrogens (tertiary/aromatic N) is 4. The maximum Gasteiger partial charge on any atom is 0.165 e. The molecule has 0 saturated carbocycles. The summed E-state index contributed by atoms with van der Waals surface area (Å²) in [6, 6.07) is 0. The zero-order valence-electron chi connectivity index (χ0n) is 8.70. The van der Waals surface area contributed by atoms with Crippen molar-refractivity contribution in [3.05, 3.63) is 5.82 Å². The second-order valence-electron chi connectivity index (χ2n) is 4.01. The molecule has 1 rings (SSSR count). The van der Waals surface area contributed by atoms with Crippen molar-refractivity contribution in [1.82, 2.24) is 25.5 Å². The first-order chi connectivity index (χ1) is 6.03. The van der Waals surface area contributed by atoms with E-state index in [1.807, 2.05) is 6.92 Å². The Morgan fingerprint density at radius 1 is 1.38 bits per heavy atom. The van der Waals surface area contributed by atoms with Gasteiger partial charge in [0.25, 0.3) is 0 Å². The molecule has 0 aliphatic heterocycles. The number of hydrogen-bond acceptors (Lipinski definition) is 4. The van der Waals surface area contributed by atoms with Crippen LogP contribution in [0.4, 0.5) is 0 Å². The van der Waals surface area contributed by atoms with Crippen molar-refractivity contribution in [2.24, 2.45) is 0 Å². The smallest absolute Gasteiger partial charge is 0.165 e. The van der Waals surface area contributed by atoms with Gasteiger partial charge in [-0.1, -0.05) is 0 Å². The quantitative estimate of drug-likeness (QED) is 0.744. The largest absolute Gasteiger partial charge is 0.305 e. The molecule has 0 aliphatic carbocycles. The summed E-state index contributed by atoms with van der Waals surface area (Å²) in [5.41, 5.74) is 0.102. The summed E-state index contributed by atoms with van der Waals surface area (Å²) < 4.78 is 1.79. The summed E-state index contributed by atoms with van der Waals surface area (Å²) in [6.07, 6.45) is 0. The van der Waals surface area contributed by atoms with E-state index < -0.39 is 0 Å². The maximum atomic E-state index is 3.93. The Bertz CT molecular complexity index is 260. The van der Waals surface area contributed by atoms with E-state index in [0.717, 1.165) is 12.4 Å². The fraction of sp³-hybridized carbons (Fsp3) is 0.875. The number of aromatic nitrogens is 4.